The quantitative estimate of drug-likeness (QED) is 0.118. The molecule has 84 heavy (non-hydrogen) atoms. The van der Waals surface area contributed by atoms with E-state index in [2.05, 4.69) is 62.0 Å². The molecule has 0 radical (unpaired) electrons. The van der Waals surface area contributed by atoms with Crippen LogP contribution >= 0.6 is 0 Å². The third-order valence-corrected chi connectivity index (χ3v) is 16.4. The summed E-state index contributed by atoms with van der Waals surface area (Å²) in [5.41, 5.74) is 12.5. The molecule has 5 heterocycles. The Kier molecular flexibility index (Phi) is 8.82. The van der Waals surface area contributed by atoms with Crippen molar-refractivity contribution in [2.24, 2.45) is 0 Å². The lowest BCUT2D eigenvalue weighted by atomic mass is 9.85. The Bertz CT molecular complexity index is 5690. The first-order valence-electron chi connectivity index (χ1n) is 33.4. The molecule has 0 spiro atoms. The van der Waals surface area contributed by atoms with Crippen LogP contribution in [-0.2, 0) is 5.41 Å². The fourth-order valence-corrected chi connectivity index (χ4v) is 12.5. The molecule has 11 aromatic carbocycles. The highest BCUT2D eigenvalue weighted by atomic mass is 16.5. The SMILES string of the molecule is [2H]c1c([2H])c([2H])c(-c2cc3c4c(c2)n(-c2cccc(Oc5ccc6c7ccccc7n(-c7cc(C(C)(C)C)ccn7)c6c5)c2)[c-][n+]4-c2c(-c4ccc5oc6ccccc6c5c4)cc(-c4c(C([2H])([2H])[2H])cccc4C([2H])([2H])[2H])cc2-c2ccccc2-c2ccccc2-3)c([2H])c1[2H]. The molecule has 0 saturated carbocycles. The van der Waals surface area contributed by atoms with Gasteiger partial charge in [0.25, 0.3) is 6.33 Å². The van der Waals surface area contributed by atoms with Crippen LogP contribution in [0, 0.1) is 20.0 Å². The van der Waals surface area contributed by atoms with Gasteiger partial charge < -0.3 is 9.15 Å². The number of hydrogen-bond acceptors (Lipinski definition) is 3. The number of para-hydroxylation sites is 2. The summed E-state index contributed by atoms with van der Waals surface area (Å²) in [6.07, 6.45) is 5.70. The van der Waals surface area contributed by atoms with Crippen molar-refractivity contribution in [2.45, 2.75) is 39.9 Å². The lowest BCUT2D eigenvalue weighted by Gasteiger charge is -2.22. The minimum atomic E-state index is -2.74. The zero-order valence-corrected chi connectivity index (χ0v) is 45.9. The summed E-state index contributed by atoms with van der Waals surface area (Å²) in [7, 11) is 0. The minimum absolute atomic E-state index is 0.000721. The number of nitrogens with zero attached hydrogens (tertiary/aromatic N) is 4. The molecule has 15 aromatic rings. The molecular weight excluding hydrogens is 1020 g/mol. The van der Waals surface area contributed by atoms with E-state index in [9.17, 15) is 2.74 Å². The highest BCUT2D eigenvalue weighted by Gasteiger charge is 2.29. The molecule has 6 heteroatoms. The molecule has 0 bridgehead atoms. The molecule has 0 amide bonds. The van der Waals surface area contributed by atoms with E-state index in [1.54, 1.807) is 0 Å². The highest BCUT2D eigenvalue weighted by molar-refractivity contribution is 6.10. The average molecular weight is 1090 g/mol. The normalized spacial score (nSPS) is 14.3. The second-order valence-corrected chi connectivity index (χ2v) is 22.5. The Morgan fingerprint density at radius 3 is 1.95 bits per heavy atom. The summed E-state index contributed by atoms with van der Waals surface area (Å²) in [6.45, 7) is 1.07. The maximum atomic E-state index is 9.44. The van der Waals surface area contributed by atoms with Gasteiger partial charge in [-0.15, -0.1) is 0 Å². The average Bonchev–Trinajstić information content (AvgIpc) is 1.60. The van der Waals surface area contributed by atoms with Crippen molar-refractivity contribution < 1.29 is 28.8 Å². The Labute approximate surface area is 502 Å². The highest BCUT2D eigenvalue weighted by Crippen LogP contribution is 2.49. The van der Waals surface area contributed by atoms with E-state index in [1.165, 1.54) is 18.2 Å². The van der Waals surface area contributed by atoms with Crippen LogP contribution in [0.15, 0.2) is 253 Å². The summed E-state index contributed by atoms with van der Waals surface area (Å²) in [5.74, 6) is 1.81. The zero-order valence-electron chi connectivity index (χ0n) is 56.9. The van der Waals surface area contributed by atoms with Crippen LogP contribution in [0.4, 0.5) is 0 Å². The number of hydrogen-bond donors (Lipinski definition) is 0. The third kappa shape index (κ3) is 7.93. The number of ether oxygens (including phenoxy) is 1. The van der Waals surface area contributed by atoms with Gasteiger partial charge in [0, 0.05) is 42.0 Å². The maximum Gasteiger partial charge on any atom is 0.269 e. The molecule has 16 rings (SSSR count). The van der Waals surface area contributed by atoms with Gasteiger partial charge in [-0.2, -0.15) is 0 Å². The molecular formula is C78H56N4O2. The van der Waals surface area contributed by atoms with Crippen molar-refractivity contribution in [3.63, 3.8) is 0 Å². The smallest absolute Gasteiger partial charge is 0.269 e. The predicted molar refractivity (Wildman–Crippen MR) is 344 cm³/mol. The zero-order chi connectivity index (χ0) is 65.7. The van der Waals surface area contributed by atoms with Crippen LogP contribution in [0.1, 0.15) is 52.5 Å². The van der Waals surface area contributed by atoms with Gasteiger partial charge in [-0.3, -0.25) is 13.7 Å². The van der Waals surface area contributed by atoms with E-state index < -0.39 is 31.8 Å². The fourth-order valence-electron chi connectivity index (χ4n) is 12.5. The molecule has 1 aliphatic rings. The van der Waals surface area contributed by atoms with Gasteiger partial charge in [-0.05, 0) is 187 Å². The molecule has 0 N–H and O–H groups in total. The van der Waals surface area contributed by atoms with Gasteiger partial charge in [0.2, 0.25) is 0 Å². The van der Waals surface area contributed by atoms with E-state index in [4.69, 9.17) is 26.5 Å². The number of furan rings is 1. The molecule has 0 unspecified atom stereocenters. The van der Waals surface area contributed by atoms with Crippen molar-refractivity contribution in [3.8, 4) is 95.5 Å². The van der Waals surface area contributed by atoms with Gasteiger partial charge in [0.1, 0.15) is 28.5 Å². The monoisotopic (exact) mass is 1090 g/mol. The van der Waals surface area contributed by atoms with Gasteiger partial charge in [-0.25, -0.2) is 4.98 Å². The number of rotatable bonds is 7. The van der Waals surface area contributed by atoms with Crippen molar-refractivity contribution in [1.29, 1.82) is 0 Å². The summed E-state index contributed by atoms with van der Waals surface area (Å²) in [6, 6.07) is 65.3. The van der Waals surface area contributed by atoms with Gasteiger partial charge in [0.15, 0.2) is 0 Å². The lowest BCUT2D eigenvalue weighted by molar-refractivity contribution is -0.570. The first-order chi connectivity index (χ1) is 45.6. The van der Waals surface area contributed by atoms with E-state index in [-0.39, 0.29) is 39.8 Å². The number of aromatic nitrogens is 4. The molecule has 0 fully saturated rings. The third-order valence-electron chi connectivity index (χ3n) is 16.4. The van der Waals surface area contributed by atoms with Crippen molar-refractivity contribution in [2.75, 3.05) is 0 Å². The molecule has 4 aromatic heterocycles. The fraction of sp³-hybridized carbons (Fsp3) is 0.0769. The first kappa shape index (κ1) is 39.0. The Balaban J connectivity index is 1.01. The van der Waals surface area contributed by atoms with Crippen LogP contribution < -0.4 is 9.30 Å². The van der Waals surface area contributed by atoms with Crippen LogP contribution in [0.3, 0.4) is 0 Å². The lowest BCUT2D eigenvalue weighted by Crippen LogP contribution is -2.32. The Morgan fingerprint density at radius 1 is 0.500 bits per heavy atom. The number of imidazole rings is 1. The molecule has 6 nitrogen and oxygen atoms in total. The van der Waals surface area contributed by atoms with Crippen molar-refractivity contribution in [3.05, 3.63) is 272 Å². The van der Waals surface area contributed by atoms with E-state index in [0.29, 0.717) is 78.5 Å². The minimum Gasteiger partial charge on any atom is -0.458 e. The predicted octanol–water partition coefficient (Wildman–Crippen LogP) is 20.1. The second kappa shape index (κ2) is 19.0. The van der Waals surface area contributed by atoms with Gasteiger partial charge in [0.05, 0.1) is 40.3 Å². The summed E-state index contributed by atoms with van der Waals surface area (Å²) >= 11 is 0. The molecule has 0 aliphatic carbocycles. The molecule has 0 atom stereocenters. The van der Waals surface area contributed by atoms with Crippen LogP contribution in [0.5, 0.6) is 11.5 Å². The standard InChI is InChI=1S/C78H56N4O2/c1-48-19-17-20-49(2)75(48)53-41-65(51-33-36-73-66(39-51)64-30-14-16-32-72(64)84-73)76-67(42-53)60-27-11-9-25-58(60)59-26-10-12-28-61(59)68-40-52(50-21-7-6-8-22-50)43-71-77(68)81(76)47-80(71)55-23-18-24-56(45-55)83-57-34-35-63-62-29-13-15-31-69(62)82(70(63)46-57)74-44-54(37-38-79-74)78(3,4)5/h6-46H,1-5H3/i1D3,2D3,6D,7D,8D,21D,22D. The summed E-state index contributed by atoms with van der Waals surface area (Å²) in [4.78, 5) is 4.91. The largest absolute Gasteiger partial charge is 0.458 e. The number of aryl methyl sites for hydroxylation is 2. The van der Waals surface area contributed by atoms with Gasteiger partial charge >= 0.3 is 0 Å². The van der Waals surface area contributed by atoms with Crippen LogP contribution in [0.25, 0.3) is 139 Å². The molecule has 1 aliphatic heterocycles. The Hall–Kier alpha value is -10.6. The van der Waals surface area contributed by atoms with Gasteiger partial charge in [-0.1, -0.05) is 172 Å². The van der Waals surface area contributed by atoms with Crippen LogP contribution in [0.2, 0.25) is 0 Å². The number of pyridine rings is 1. The van der Waals surface area contributed by atoms with E-state index in [1.807, 2.05) is 179 Å². The first-order valence-corrected chi connectivity index (χ1v) is 27.9. The van der Waals surface area contributed by atoms with Crippen molar-refractivity contribution in [1.82, 2.24) is 14.1 Å². The topological polar surface area (TPSA) is 49.0 Å². The molecule has 0 saturated heterocycles. The number of fused-ring (bicyclic) bond motifs is 13. The van der Waals surface area contributed by atoms with E-state index >= 15 is 0 Å². The van der Waals surface area contributed by atoms with E-state index in [0.717, 1.165) is 66.2 Å². The maximum absolute atomic E-state index is 9.44. The second-order valence-electron chi connectivity index (χ2n) is 22.5. The van der Waals surface area contributed by atoms with Crippen LogP contribution in [-0.4, -0.2) is 14.1 Å². The summed E-state index contributed by atoms with van der Waals surface area (Å²) in [5, 5.41) is 3.76. The Morgan fingerprint density at radius 2 is 1.17 bits per heavy atom. The number of benzene rings is 11. The molecule has 400 valence electrons. The summed E-state index contributed by atoms with van der Waals surface area (Å²) < 4.78 is 119. The van der Waals surface area contributed by atoms with Crippen molar-refractivity contribution >= 4 is 54.8 Å².